The molecule has 2 heterocycles. The minimum Gasteiger partial charge on any atom is -0.459 e. The maximum Gasteiger partial charge on any atom is 0.337 e. The van der Waals surface area contributed by atoms with Gasteiger partial charge in [-0.15, -0.1) is 0 Å². The topological polar surface area (TPSA) is 65.1 Å². The van der Waals surface area contributed by atoms with Gasteiger partial charge < -0.3 is 13.9 Å². The summed E-state index contributed by atoms with van der Waals surface area (Å²) in [6, 6.07) is 0. The highest BCUT2D eigenvalue weighted by molar-refractivity contribution is 6.74. The minimum atomic E-state index is -2.10. The molecule has 0 spiro atoms. The molecule has 24 heavy (non-hydrogen) atoms. The lowest BCUT2D eigenvalue weighted by Crippen LogP contribution is -2.50. The average Bonchev–Trinajstić information content (AvgIpc) is 3.23. The second-order valence-electron chi connectivity index (χ2n) is 8.60. The van der Waals surface area contributed by atoms with E-state index in [4.69, 9.17) is 13.9 Å². The van der Waals surface area contributed by atoms with Crippen molar-refractivity contribution >= 4 is 20.1 Å². The van der Waals surface area contributed by atoms with Gasteiger partial charge in [0.25, 0.3) is 0 Å². The number of Topliss-reactive ketones (excluding diaryl/α,β-unsaturated/α-hetero) is 1. The van der Waals surface area contributed by atoms with Crippen LogP contribution in [0.4, 0.5) is 0 Å². The number of hydrogen-bond donors (Lipinski definition) is 0. The summed E-state index contributed by atoms with van der Waals surface area (Å²) in [6.07, 6.45) is 0.789. The number of cyclic esters (lactones) is 1. The number of carbonyl (C=O) groups is 2. The highest BCUT2D eigenvalue weighted by Crippen LogP contribution is 2.47. The molecule has 134 valence electrons. The van der Waals surface area contributed by atoms with E-state index in [1.54, 1.807) is 0 Å². The molecule has 4 atom stereocenters. The fraction of sp³-hybridized carbons (Fsp3) is 0.778. The third-order valence-corrected chi connectivity index (χ3v) is 10.2. The molecule has 0 amide bonds. The Morgan fingerprint density at radius 2 is 1.92 bits per heavy atom. The van der Waals surface area contributed by atoms with Crippen molar-refractivity contribution in [3.8, 4) is 0 Å². The Balaban J connectivity index is 1.93. The van der Waals surface area contributed by atoms with Gasteiger partial charge in [0.15, 0.2) is 14.1 Å². The summed E-state index contributed by atoms with van der Waals surface area (Å²) in [5, 5.41) is 0.0167. The predicted octanol–water partition coefficient (Wildman–Crippen LogP) is 3.14. The number of ether oxygens (including phenoxy) is 2. The Kier molecular flexibility index (Phi) is 4.29. The molecule has 0 aromatic rings. The van der Waals surface area contributed by atoms with Crippen LogP contribution < -0.4 is 0 Å². The van der Waals surface area contributed by atoms with Crippen LogP contribution in [-0.4, -0.2) is 44.5 Å². The van der Waals surface area contributed by atoms with Crippen molar-refractivity contribution in [1.82, 2.24) is 0 Å². The second kappa shape index (κ2) is 5.78. The SMILES string of the molecule is CCC[C@H]1CC2=C(C(=O)O1)[C@H](O[Si](C)(C)C(C)(C)C)[C@H]1O[C@H]1C2=O. The Morgan fingerprint density at radius 1 is 1.25 bits per heavy atom. The smallest absolute Gasteiger partial charge is 0.337 e. The van der Waals surface area contributed by atoms with E-state index in [0.29, 0.717) is 17.6 Å². The standard InChI is InChI=1S/C18H28O5Si/c1-7-8-10-9-11-12(17(20)21-10)14(16-15(22-16)13(11)19)23-24(5,6)18(2,3)4/h10,14-16H,7-9H2,1-6H3/t10-,14-,15-,16+/m0/s1. The van der Waals surface area contributed by atoms with Gasteiger partial charge in [0.05, 0.1) is 5.57 Å². The van der Waals surface area contributed by atoms with E-state index >= 15 is 0 Å². The molecule has 2 aliphatic heterocycles. The van der Waals surface area contributed by atoms with Crippen molar-refractivity contribution in [2.75, 3.05) is 0 Å². The van der Waals surface area contributed by atoms with Gasteiger partial charge in [-0.1, -0.05) is 34.1 Å². The molecule has 0 aromatic carbocycles. The van der Waals surface area contributed by atoms with E-state index in [9.17, 15) is 9.59 Å². The summed E-state index contributed by atoms with van der Waals surface area (Å²) in [7, 11) is -2.10. The summed E-state index contributed by atoms with van der Waals surface area (Å²) in [6.45, 7) is 12.8. The van der Waals surface area contributed by atoms with Crippen LogP contribution in [0.1, 0.15) is 47.0 Å². The molecule has 0 aromatic heterocycles. The van der Waals surface area contributed by atoms with Crippen LogP contribution >= 0.6 is 0 Å². The van der Waals surface area contributed by atoms with E-state index in [1.807, 2.05) is 6.92 Å². The van der Waals surface area contributed by atoms with Gasteiger partial charge in [-0.05, 0) is 24.6 Å². The highest BCUT2D eigenvalue weighted by atomic mass is 28.4. The van der Waals surface area contributed by atoms with E-state index in [-0.39, 0.29) is 29.0 Å². The second-order valence-corrected chi connectivity index (χ2v) is 13.4. The van der Waals surface area contributed by atoms with Gasteiger partial charge in [0.2, 0.25) is 0 Å². The lowest BCUT2D eigenvalue weighted by molar-refractivity contribution is -0.148. The summed E-state index contributed by atoms with van der Waals surface area (Å²) in [5.74, 6) is -0.427. The Labute approximate surface area is 144 Å². The summed E-state index contributed by atoms with van der Waals surface area (Å²) in [4.78, 5) is 25.2. The van der Waals surface area contributed by atoms with Gasteiger partial charge >= 0.3 is 5.97 Å². The first-order chi connectivity index (χ1) is 11.1. The number of fused-ring (bicyclic) bond motifs is 1. The molecule has 3 rings (SSSR count). The lowest BCUT2D eigenvalue weighted by atomic mass is 9.83. The number of rotatable bonds is 4. The van der Waals surface area contributed by atoms with Crippen LogP contribution in [0.3, 0.4) is 0 Å². The Hall–Kier alpha value is -0.983. The Morgan fingerprint density at radius 3 is 2.50 bits per heavy atom. The monoisotopic (exact) mass is 352 g/mol. The van der Waals surface area contributed by atoms with Crippen molar-refractivity contribution < 1.29 is 23.5 Å². The van der Waals surface area contributed by atoms with Gasteiger partial charge in [-0.3, -0.25) is 4.79 Å². The predicted molar refractivity (Wildman–Crippen MR) is 92.2 cm³/mol. The lowest BCUT2D eigenvalue weighted by Gasteiger charge is -2.41. The average molecular weight is 353 g/mol. The molecule has 1 aliphatic carbocycles. The third-order valence-electron chi connectivity index (χ3n) is 5.75. The Bertz CT molecular complexity index is 601. The summed E-state index contributed by atoms with van der Waals surface area (Å²) < 4.78 is 17.7. The van der Waals surface area contributed by atoms with Gasteiger partial charge in [-0.2, -0.15) is 0 Å². The largest absolute Gasteiger partial charge is 0.459 e. The first-order valence-electron chi connectivity index (χ1n) is 8.88. The van der Waals surface area contributed by atoms with Gasteiger partial charge in [0.1, 0.15) is 24.4 Å². The first-order valence-corrected chi connectivity index (χ1v) is 11.8. The molecule has 1 fully saturated rings. The maximum absolute atomic E-state index is 12.6. The number of ketones is 1. The molecule has 0 bridgehead atoms. The molecule has 1 saturated heterocycles. The van der Waals surface area contributed by atoms with Crippen molar-refractivity contribution in [2.24, 2.45) is 0 Å². The minimum absolute atomic E-state index is 0.0167. The van der Waals surface area contributed by atoms with Gasteiger partial charge in [0, 0.05) is 12.0 Å². The van der Waals surface area contributed by atoms with E-state index in [1.165, 1.54) is 0 Å². The molecule has 0 unspecified atom stereocenters. The van der Waals surface area contributed by atoms with Crippen molar-refractivity contribution in [3.05, 3.63) is 11.1 Å². The zero-order chi connectivity index (χ0) is 17.9. The van der Waals surface area contributed by atoms with Crippen molar-refractivity contribution in [3.63, 3.8) is 0 Å². The molecule has 0 N–H and O–H groups in total. The first kappa shape index (κ1) is 17.8. The molecule has 0 saturated carbocycles. The summed E-state index contributed by atoms with van der Waals surface area (Å²) in [5.41, 5.74) is 1.02. The van der Waals surface area contributed by atoms with Gasteiger partial charge in [-0.25, -0.2) is 4.79 Å². The fourth-order valence-electron chi connectivity index (χ4n) is 3.24. The number of esters is 1. The number of hydrogen-bond acceptors (Lipinski definition) is 5. The van der Waals surface area contributed by atoms with Crippen LogP contribution in [-0.2, 0) is 23.5 Å². The molecule has 5 nitrogen and oxygen atoms in total. The maximum atomic E-state index is 12.6. The summed E-state index contributed by atoms with van der Waals surface area (Å²) >= 11 is 0. The number of carbonyl (C=O) groups excluding carboxylic acids is 2. The zero-order valence-corrected chi connectivity index (χ0v) is 16.5. The van der Waals surface area contributed by atoms with Crippen LogP contribution in [0.15, 0.2) is 11.1 Å². The molecule has 6 heteroatoms. The van der Waals surface area contributed by atoms with Crippen LogP contribution in [0.2, 0.25) is 18.1 Å². The van der Waals surface area contributed by atoms with Crippen LogP contribution in [0.25, 0.3) is 0 Å². The van der Waals surface area contributed by atoms with E-state index < -0.39 is 20.5 Å². The van der Waals surface area contributed by atoms with E-state index in [0.717, 1.165) is 12.8 Å². The quantitative estimate of drug-likeness (QED) is 0.442. The third kappa shape index (κ3) is 2.89. The molecular weight excluding hydrogens is 324 g/mol. The molecular formula is C18H28O5Si. The van der Waals surface area contributed by atoms with Crippen LogP contribution in [0, 0.1) is 0 Å². The van der Waals surface area contributed by atoms with Crippen LogP contribution in [0.5, 0.6) is 0 Å². The van der Waals surface area contributed by atoms with E-state index in [2.05, 4.69) is 33.9 Å². The number of epoxide rings is 1. The van der Waals surface area contributed by atoms with Crippen molar-refractivity contribution in [2.45, 2.75) is 89.5 Å². The van der Waals surface area contributed by atoms with Crippen molar-refractivity contribution in [1.29, 1.82) is 0 Å². The highest BCUT2D eigenvalue weighted by Gasteiger charge is 2.61. The molecule has 0 radical (unpaired) electrons. The fourth-order valence-corrected chi connectivity index (χ4v) is 4.48. The molecule has 3 aliphatic rings. The normalized spacial score (nSPS) is 33.1. The zero-order valence-electron chi connectivity index (χ0n) is 15.5.